The molecule has 0 aromatic heterocycles. The van der Waals surface area contributed by atoms with E-state index < -0.39 is 0 Å². The van der Waals surface area contributed by atoms with E-state index in [4.69, 9.17) is 0 Å². The first kappa shape index (κ1) is 8.31. The van der Waals surface area contributed by atoms with Gasteiger partial charge in [0, 0.05) is 0 Å². The Kier molecular flexibility index (Phi) is 2.05. The molecule has 1 aliphatic rings. The molecule has 0 unspecified atom stereocenters. The summed E-state index contributed by atoms with van der Waals surface area (Å²) < 4.78 is 0. The van der Waals surface area contributed by atoms with Crippen LogP contribution in [0.4, 0.5) is 0 Å². The molecule has 0 spiro atoms. The van der Waals surface area contributed by atoms with E-state index in [0.717, 1.165) is 6.42 Å². The minimum Gasteiger partial charge on any atom is -0.0726 e. The molecule has 13 heavy (non-hydrogen) atoms. The lowest BCUT2D eigenvalue weighted by Crippen LogP contribution is -1.79. The third-order valence-corrected chi connectivity index (χ3v) is 2.40. The van der Waals surface area contributed by atoms with Gasteiger partial charge in [0.05, 0.1) is 0 Å². The summed E-state index contributed by atoms with van der Waals surface area (Å²) >= 11 is 0. The van der Waals surface area contributed by atoms with E-state index in [1.165, 1.54) is 22.3 Å². The average Bonchev–Trinajstić information content (AvgIpc) is 2.52. The Bertz CT molecular complexity index is 381. The summed E-state index contributed by atoms with van der Waals surface area (Å²) in [4.78, 5) is 0. The zero-order valence-corrected chi connectivity index (χ0v) is 8.17. The average molecular weight is 170 g/mol. The molecule has 0 aliphatic heterocycles. The van der Waals surface area contributed by atoms with Crippen molar-refractivity contribution in [1.29, 1.82) is 0 Å². The Labute approximate surface area is 79.6 Å². The van der Waals surface area contributed by atoms with Crippen molar-refractivity contribution in [3.05, 3.63) is 53.1 Å². The van der Waals surface area contributed by atoms with Gasteiger partial charge in [-0.3, -0.25) is 0 Å². The first-order chi connectivity index (χ1) is 6.25. The molecule has 1 aromatic rings. The van der Waals surface area contributed by atoms with Crippen LogP contribution in [0, 0.1) is 6.92 Å². The zero-order chi connectivity index (χ0) is 9.26. The van der Waals surface area contributed by atoms with Gasteiger partial charge in [-0.15, -0.1) is 0 Å². The van der Waals surface area contributed by atoms with Crippen molar-refractivity contribution in [2.24, 2.45) is 0 Å². The van der Waals surface area contributed by atoms with Crippen molar-refractivity contribution >= 4 is 5.57 Å². The molecule has 1 aromatic carbocycles. The summed E-state index contributed by atoms with van der Waals surface area (Å²) in [6.07, 6.45) is 5.68. The van der Waals surface area contributed by atoms with Crippen LogP contribution in [-0.4, -0.2) is 0 Å². The molecule has 2 rings (SSSR count). The lowest BCUT2D eigenvalue weighted by atomic mass is 10.0. The summed E-state index contributed by atoms with van der Waals surface area (Å²) in [5.74, 6) is 0. The molecule has 0 amide bonds. The highest BCUT2D eigenvalue weighted by atomic mass is 14.1. The number of rotatable bonds is 1. The molecular formula is C13H14. The van der Waals surface area contributed by atoms with Gasteiger partial charge >= 0.3 is 0 Å². The second-order valence-electron chi connectivity index (χ2n) is 3.72. The molecule has 66 valence electrons. The Balaban J connectivity index is 2.37. The van der Waals surface area contributed by atoms with E-state index in [1.807, 2.05) is 0 Å². The molecule has 0 fully saturated rings. The summed E-state index contributed by atoms with van der Waals surface area (Å²) in [5, 5.41) is 0. The third-order valence-electron chi connectivity index (χ3n) is 2.40. The fourth-order valence-corrected chi connectivity index (χ4v) is 1.68. The van der Waals surface area contributed by atoms with E-state index in [0.29, 0.717) is 0 Å². The smallest absolute Gasteiger partial charge is 0.0129 e. The van der Waals surface area contributed by atoms with E-state index in [9.17, 15) is 0 Å². The van der Waals surface area contributed by atoms with Crippen LogP contribution >= 0.6 is 0 Å². The molecule has 0 N–H and O–H groups in total. The molecule has 0 nitrogen and oxygen atoms in total. The maximum absolute atomic E-state index is 2.30. The minimum atomic E-state index is 1.11. The van der Waals surface area contributed by atoms with Crippen molar-refractivity contribution in [2.45, 2.75) is 20.3 Å². The van der Waals surface area contributed by atoms with Crippen LogP contribution in [-0.2, 0) is 0 Å². The van der Waals surface area contributed by atoms with Gasteiger partial charge in [-0.25, -0.2) is 0 Å². The standard InChI is InChI=1S/C13H14/c1-10-4-3-5-12(8-10)13-7-6-11(2)9-13/h3-5,7-9H,6H2,1-2H3. The van der Waals surface area contributed by atoms with Crippen molar-refractivity contribution in [3.63, 3.8) is 0 Å². The maximum Gasteiger partial charge on any atom is -0.0129 e. The zero-order valence-electron chi connectivity index (χ0n) is 8.17. The molecule has 0 heterocycles. The molecule has 0 radical (unpaired) electrons. The number of aryl methyl sites for hydroxylation is 1. The van der Waals surface area contributed by atoms with Crippen LogP contribution in [0.5, 0.6) is 0 Å². The fraction of sp³-hybridized carbons (Fsp3) is 0.231. The second kappa shape index (κ2) is 3.21. The van der Waals surface area contributed by atoms with Crippen LogP contribution in [0.25, 0.3) is 5.57 Å². The number of allylic oxidation sites excluding steroid dienone is 4. The summed E-state index contributed by atoms with van der Waals surface area (Å²) in [5.41, 5.74) is 5.51. The topological polar surface area (TPSA) is 0 Å². The lowest BCUT2D eigenvalue weighted by molar-refractivity contribution is 1.25. The van der Waals surface area contributed by atoms with E-state index in [2.05, 4.69) is 50.3 Å². The van der Waals surface area contributed by atoms with E-state index in [-0.39, 0.29) is 0 Å². The first-order valence-electron chi connectivity index (χ1n) is 4.70. The highest BCUT2D eigenvalue weighted by Gasteiger charge is 2.04. The van der Waals surface area contributed by atoms with Gasteiger partial charge in [0.2, 0.25) is 0 Å². The predicted molar refractivity (Wildman–Crippen MR) is 57.5 cm³/mol. The lowest BCUT2D eigenvalue weighted by Gasteiger charge is -2.00. The van der Waals surface area contributed by atoms with Crippen LogP contribution in [0.1, 0.15) is 24.5 Å². The van der Waals surface area contributed by atoms with Crippen molar-refractivity contribution in [2.75, 3.05) is 0 Å². The molecule has 0 saturated heterocycles. The maximum atomic E-state index is 2.30. The molecule has 1 aliphatic carbocycles. The van der Waals surface area contributed by atoms with Gasteiger partial charge in [-0.05, 0) is 31.4 Å². The summed E-state index contributed by atoms with van der Waals surface area (Å²) in [6.45, 7) is 4.31. The van der Waals surface area contributed by atoms with Gasteiger partial charge in [-0.2, -0.15) is 0 Å². The van der Waals surface area contributed by atoms with Crippen molar-refractivity contribution < 1.29 is 0 Å². The summed E-state index contributed by atoms with van der Waals surface area (Å²) in [6, 6.07) is 8.66. The molecular weight excluding hydrogens is 156 g/mol. The normalized spacial score (nSPS) is 15.5. The highest BCUT2D eigenvalue weighted by molar-refractivity contribution is 5.77. The van der Waals surface area contributed by atoms with E-state index >= 15 is 0 Å². The van der Waals surface area contributed by atoms with Gasteiger partial charge in [0.25, 0.3) is 0 Å². The van der Waals surface area contributed by atoms with Crippen LogP contribution in [0.2, 0.25) is 0 Å². The monoisotopic (exact) mass is 170 g/mol. The Hall–Kier alpha value is -1.30. The number of benzene rings is 1. The van der Waals surface area contributed by atoms with Gasteiger partial charge < -0.3 is 0 Å². The van der Waals surface area contributed by atoms with E-state index in [1.54, 1.807) is 0 Å². The summed E-state index contributed by atoms with van der Waals surface area (Å²) in [7, 11) is 0. The van der Waals surface area contributed by atoms with Crippen LogP contribution < -0.4 is 0 Å². The fourth-order valence-electron chi connectivity index (χ4n) is 1.68. The van der Waals surface area contributed by atoms with Crippen LogP contribution in [0.15, 0.2) is 42.0 Å². The SMILES string of the molecule is CC1=CC(c2cccc(C)c2)=CC1. The van der Waals surface area contributed by atoms with Crippen molar-refractivity contribution in [1.82, 2.24) is 0 Å². The Morgan fingerprint density at radius 1 is 1.15 bits per heavy atom. The number of hydrogen-bond donors (Lipinski definition) is 0. The number of hydrogen-bond acceptors (Lipinski definition) is 0. The third kappa shape index (κ3) is 1.72. The largest absolute Gasteiger partial charge is 0.0726 e. The highest BCUT2D eigenvalue weighted by Crippen LogP contribution is 2.25. The molecule has 0 bridgehead atoms. The van der Waals surface area contributed by atoms with Crippen molar-refractivity contribution in [3.8, 4) is 0 Å². The van der Waals surface area contributed by atoms with Gasteiger partial charge in [0.1, 0.15) is 0 Å². The Morgan fingerprint density at radius 2 is 2.00 bits per heavy atom. The molecule has 0 atom stereocenters. The first-order valence-corrected chi connectivity index (χ1v) is 4.70. The van der Waals surface area contributed by atoms with Gasteiger partial charge in [-0.1, -0.05) is 47.6 Å². The molecule has 0 saturated carbocycles. The minimum absolute atomic E-state index is 1.11. The quantitative estimate of drug-likeness (QED) is 0.602. The molecule has 0 heteroatoms. The Morgan fingerprint density at radius 3 is 2.62 bits per heavy atom. The second-order valence-corrected chi connectivity index (χ2v) is 3.72. The predicted octanol–water partition coefficient (Wildman–Crippen LogP) is 3.73. The van der Waals surface area contributed by atoms with Gasteiger partial charge in [0.15, 0.2) is 0 Å². The van der Waals surface area contributed by atoms with Crippen LogP contribution in [0.3, 0.4) is 0 Å².